The van der Waals surface area contributed by atoms with Crippen LogP contribution in [0.15, 0.2) is 72.9 Å². The maximum absolute atomic E-state index is 11.2. The van der Waals surface area contributed by atoms with Gasteiger partial charge in [-0.25, -0.2) is 0 Å². The molecule has 0 rings (SSSR count). The van der Waals surface area contributed by atoms with Gasteiger partial charge in [-0.2, -0.15) is 0 Å². The molecule has 0 heterocycles. The number of carbonyl (C=O) groups excluding carboxylic acids is 1. The second-order valence-corrected chi connectivity index (χ2v) is 6.67. The predicted octanol–water partition coefficient (Wildman–Crippen LogP) is 6.87. The molecule has 0 saturated carbocycles. The molecule has 4 nitrogen and oxygen atoms in total. The Labute approximate surface area is 182 Å². The Hall–Kier alpha value is -2.62. The standard InChI is InChI=1S/C26H38O4/c1-2-3-4-5-6-7-8-9-10-11-12-13-14-15-16-17-18-19-20-21-24-30-26(29)23-22-25(27)28/h3-4,6-7,9-10,12-13,15-16,18-19H,2,5,8,11,14,17,20-24H2,1H3,(H,27,28). The molecule has 0 aliphatic heterocycles. The second kappa shape index (κ2) is 22.7. The van der Waals surface area contributed by atoms with E-state index in [9.17, 15) is 9.59 Å². The summed E-state index contributed by atoms with van der Waals surface area (Å²) in [6, 6.07) is 0. The lowest BCUT2D eigenvalue weighted by Gasteiger charge is -2.01. The molecule has 0 radical (unpaired) electrons. The van der Waals surface area contributed by atoms with Crippen LogP contribution in [0.1, 0.15) is 71.1 Å². The van der Waals surface area contributed by atoms with Crippen LogP contribution in [0.5, 0.6) is 0 Å². The lowest BCUT2D eigenvalue weighted by Crippen LogP contribution is -2.08. The van der Waals surface area contributed by atoms with Crippen molar-refractivity contribution in [3.63, 3.8) is 0 Å². The van der Waals surface area contributed by atoms with E-state index in [0.717, 1.165) is 51.4 Å². The van der Waals surface area contributed by atoms with E-state index in [0.29, 0.717) is 6.61 Å². The lowest BCUT2D eigenvalue weighted by atomic mass is 10.2. The summed E-state index contributed by atoms with van der Waals surface area (Å²) in [6.45, 7) is 2.48. The molecule has 0 aromatic rings. The third-order valence-corrected chi connectivity index (χ3v) is 3.92. The van der Waals surface area contributed by atoms with E-state index in [4.69, 9.17) is 9.84 Å². The first-order valence-electron chi connectivity index (χ1n) is 10.9. The Bertz CT molecular complexity index is 607. The van der Waals surface area contributed by atoms with E-state index in [-0.39, 0.29) is 12.8 Å². The van der Waals surface area contributed by atoms with Crippen molar-refractivity contribution in [2.45, 2.75) is 71.1 Å². The van der Waals surface area contributed by atoms with Crippen LogP contribution in [0.2, 0.25) is 0 Å². The van der Waals surface area contributed by atoms with Gasteiger partial charge < -0.3 is 9.84 Å². The molecule has 0 aliphatic carbocycles. The zero-order chi connectivity index (χ0) is 22.1. The van der Waals surface area contributed by atoms with Crippen molar-refractivity contribution in [1.29, 1.82) is 0 Å². The van der Waals surface area contributed by atoms with Crippen LogP contribution < -0.4 is 0 Å². The molecule has 166 valence electrons. The fraction of sp³-hybridized carbons (Fsp3) is 0.462. The molecule has 0 bridgehead atoms. The van der Waals surface area contributed by atoms with E-state index in [1.54, 1.807) is 0 Å². The minimum atomic E-state index is -0.982. The van der Waals surface area contributed by atoms with Crippen LogP contribution in [0.3, 0.4) is 0 Å². The number of carboxylic acid groups (broad SMARTS) is 1. The average Bonchev–Trinajstić information content (AvgIpc) is 2.73. The lowest BCUT2D eigenvalue weighted by molar-refractivity contribution is -0.147. The molecule has 0 aromatic heterocycles. The van der Waals surface area contributed by atoms with Crippen molar-refractivity contribution in [1.82, 2.24) is 0 Å². The van der Waals surface area contributed by atoms with Gasteiger partial charge in [-0.05, 0) is 51.4 Å². The number of unbranched alkanes of at least 4 members (excludes halogenated alkanes) is 1. The quantitative estimate of drug-likeness (QED) is 0.151. The summed E-state index contributed by atoms with van der Waals surface area (Å²) >= 11 is 0. The van der Waals surface area contributed by atoms with Crippen LogP contribution in [-0.2, 0) is 14.3 Å². The number of hydrogen-bond acceptors (Lipinski definition) is 3. The first-order chi connectivity index (χ1) is 14.7. The summed E-state index contributed by atoms with van der Waals surface area (Å²) in [6.07, 6.45) is 33.3. The molecule has 30 heavy (non-hydrogen) atoms. The molecule has 0 fully saturated rings. The molecule has 0 saturated heterocycles. The van der Waals surface area contributed by atoms with Gasteiger partial charge >= 0.3 is 11.9 Å². The Morgan fingerprint density at radius 1 is 0.667 bits per heavy atom. The predicted molar refractivity (Wildman–Crippen MR) is 125 cm³/mol. The minimum Gasteiger partial charge on any atom is -0.481 e. The molecule has 0 atom stereocenters. The van der Waals surface area contributed by atoms with Crippen molar-refractivity contribution in [2.24, 2.45) is 0 Å². The molecule has 0 spiro atoms. The van der Waals surface area contributed by atoms with Gasteiger partial charge in [0.05, 0.1) is 19.4 Å². The Morgan fingerprint density at radius 3 is 1.53 bits per heavy atom. The molecule has 0 aromatic carbocycles. The summed E-state index contributed by atoms with van der Waals surface area (Å²) in [5, 5.41) is 8.48. The van der Waals surface area contributed by atoms with Crippen LogP contribution >= 0.6 is 0 Å². The highest BCUT2D eigenvalue weighted by atomic mass is 16.5. The van der Waals surface area contributed by atoms with Gasteiger partial charge in [-0.15, -0.1) is 0 Å². The fourth-order valence-electron chi connectivity index (χ4n) is 2.31. The van der Waals surface area contributed by atoms with Crippen molar-refractivity contribution in [2.75, 3.05) is 6.61 Å². The summed E-state index contributed by atoms with van der Waals surface area (Å²) < 4.78 is 4.96. The maximum Gasteiger partial charge on any atom is 0.306 e. The van der Waals surface area contributed by atoms with Gasteiger partial charge in [0.2, 0.25) is 0 Å². The summed E-state index contributed by atoms with van der Waals surface area (Å²) in [7, 11) is 0. The first kappa shape index (κ1) is 27.4. The van der Waals surface area contributed by atoms with Crippen molar-refractivity contribution >= 4 is 11.9 Å². The van der Waals surface area contributed by atoms with E-state index in [1.807, 2.05) is 0 Å². The smallest absolute Gasteiger partial charge is 0.306 e. The van der Waals surface area contributed by atoms with Gasteiger partial charge in [0.1, 0.15) is 0 Å². The monoisotopic (exact) mass is 414 g/mol. The first-order valence-corrected chi connectivity index (χ1v) is 10.9. The highest BCUT2D eigenvalue weighted by Crippen LogP contribution is 1.99. The normalized spacial score (nSPS) is 12.6. The number of esters is 1. The molecule has 4 heteroatoms. The number of rotatable bonds is 18. The van der Waals surface area contributed by atoms with Crippen molar-refractivity contribution in [3.05, 3.63) is 72.9 Å². The molecule has 0 aliphatic rings. The number of allylic oxidation sites excluding steroid dienone is 12. The molecule has 0 unspecified atom stereocenters. The van der Waals surface area contributed by atoms with Crippen molar-refractivity contribution in [3.8, 4) is 0 Å². The largest absolute Gasteiger partial charge is 0.481 e. The average molecular weight is 415 g/mol. The van der Waals surface area contributed by atoms with E-state index < -0.39 is 11.9 Å². The van der Waals surface area contributed by atoms with Crippen LogP contribution in [0.4, 0.5) is 0 Å². The van der Waals surface area contributed by atoms with Crippen LogP contribution in [0.25, 0.3) is 0 Å². The Kier molecular flexibility index (Phi) is 20.7. The number of carboxylic acids is 1. The second-order valence-electron chi connectivity index (χ2n) is 6.67. The number of ether oxygens (including phenoxy) is 1. The zero-order valence-electron chi connectivity index (χ0n) is 18.4. The van der Waals surface area contributed by atoms with Gasteiger partial charge in [0.25, 0.3) is 0 Å². The van der Waals surface area contributed by atoms with E-state index in [2.05, 4.69) is 79.8 Å². The highest BCUT2D eigenvalue weighted by Gasteiger charge is 2.05. The molecular weight excluding hydrogens is 376 g/mol. The van der Waals surface area contributed by atoms with Crippen LogP contribution in [0, 0.1) is 0 Å². The van der Waals surface area contributed by atoms with Gasteiger partial charge in [0, 0.05) is 0 Å². The van der Waals surface area contributed by atoms with Gasteiger partial charge in [0.15, 0.2) is 0 Å². The topological polar surface area (TPSA) is 63.6 Å². The Balaban J connectivity index is 3.53. The molecule has 0 amide bonds. The Morgan fingerprint density at radius 2 is 1.10 bits per heavy atom. The van der Waals surface area contributed by atoms with Gasteiger partial charge in [-0.1, -0.05) is 79.8 Å². The highest BCUT2D eigenvalue weighted by molar-refractivity contribution is 5.76. The number of carbonyl (C=O) groups is 2. The molecule has 1 N–H and O–H groups in total. The number of aliphatic carboxylic acids is 1. The third kappa shape index (κ3) is 23.4. The van der Waals surface area contributed by atoms with E-state index >= 15 is 0 Å². The summed E-state index contributed by atoms with van der Waals surface area (Å²) in [4.78, 5) is 21.6. The SMILES string of the molecule is CCC=CCC=CCC=CCC=CCC=CCC=CCCCOC(=O)CCC(=O)O. The fourth-order valence-corrected chi connectivity index (χ4v) is 2.31. The van der Waals surface area contributed by atoms with Crippen molar-refractivity contribution < 1.29 is 19.4 Å². The van der Waals surface area contributed by atoms with E-state index in [1.165, 1.54) is 0 Å². The number of hydrogen-bond donors (Lipinski definition) is 1. The zero-order valence-corrected chi connectivity index (χ0v) is 18.4. The summed E-state index contributed by atoms with van der Waals surface area (Å²) in [5.74, 6) is -1.43. The maximum atomic E-state index is 11.2. The van der Waals surface area contributed by atoms with Crippen LogP contribution in [-0.4, -0.2) is 23.7 Å². The third-order valence-electron chi connectivity index (χ3n) is 3.92. The summed E-state index contributed by atoms with van der Waals surface area (Å²) in [5.41, 5.74) is 0. The molecular formula is C26H38O4. The van der Waals surface area contributed by atoms with Gasteiger partial charge in [-0.3, -0.25) is 9.59 Å². The minimum absolute atomic E-state index is 0.0603.